The molecule has 148 valence electrons. The maximum atomic E-state index is 13.7. The van der Waals surface area contributed by atoms with Crippen LogP contribution in [0.3, 0.4) is 0 Å². The third kappa shape index (κ3) is 5.07. The van der Waals surface area contributed by atoms with Gasteiger partial charge in [-0.2, -0.15) is 0 Å². The van der Waals surface area contributed by atoms with Gasteiger partial charge in [0.05, 0.1) is 5.92 Å². The van der Waals surface area contributed by atoms with E-state index in [9.17, 15) is 18.4 Å². The summed E-state index contributed by atoms with van der Waals surface area (Å²) < 4.78 is 27.4. The number of hydrogen-bond acceptors (Lipinski definition) is 2. The van der Waals surface area contributed by atoms with Crippen molar-refractivity contribution in [2.75, 3.05) is 13.1 Å². The monoisotopic (exact) mass is 406 g/mol. The zero-order valence-corrected chi connectivity index (χ0v) is 16.0. The molecule has 0 aromatic heterocycles. The zero-order valence-electron chi connectivity index (χ0n) is 15.3. The van der Waals surface area contributed by atoms with E-state index in [2.05, 4.69) is 5.32 Å². The molecule has 2 amide bonds. The number of piperidine rings is 1. The highest BCUT2D eigenvalue weighted by molar-refractivity contribution is 6.30. The number of halogens is 3. The number of carbonyl (C=O) groups excluding carboxylic acids is 2. The fourth-order valence-electron chi connectivity index (χ4n) is 3.28. The molecule has 0 unspecified atom stereocenters. The van der Waals surface area contributed by atoms with Crippen molar-refractivity contribution in [3.63, 3.8) is 0 Å². The molecule has 0 radical (unpaired) electrons. The molecule has 1 atom stereocenters. The van der Waals surface area contributed by atoms with Crippen LogP contribution in [0, 0.1) is 17.6 Å². The van der Waals surface area contributed by atoms with Crippen LogP contribution >= 0.6 is 11.6 Å². The van der Waals surface area contributed by atoms with Crippen LogP contribution in [-0.4, -0.2) is 29.8 Å². The number of hydrogen-bond donors (Lipinski definition) is 1. The van der Waals surface area contributed by atoms with E-state index in [0.717, 1.165) is 17.7 Å². The van der Waals surface area contributed by atoms with Crippen LogP contribution in [0.5, 0.6) is 0 Å². The van der Waals surface area contributed by atoms with E-state index in [1.807, 2.05) is 12.1 Å². The van der Waals surface area contributed by atoms with E-state index >= 15 is 0 Å². The Bertz CT molecular complexity index is 838. The highest BCUT2D eigenvalue weighted by Crippen LogP contribution is 2.20. The zero-order chi connectivity index (χ0) is 20.1. The molecule has 4 nitrogen and oxygen atoms in total. The highest BCUT2D eigenvalue weighted by Gasteiger charge is 2.30. The molecule has 1 saturated heterocycles. The minimum Gasteiger partial charge on any atom is -0.352 e. The summed E-state index contributed by atoms with van der Waals surface area (Å²) in [5.41, 5.74) is 0.890. The van der Waals surface area contributed by atoms with Crippen molar-refractivity contribution in [2.24, 2.45) is 5.92 Å². The summed E-state index contributed by atoms with van der Waals surface area (Å²) in [6.45, 7) is 0.594. The van der Waals surface area contributed by atoms with Crippen LogP contribution in [0.1, 0.15) is 24.0 Å². The first-order valence-corrected chi connectivity index (χ1v) is 9.54. The van der Waals surface area contributed by atoms with Crippen molar-refractivity contribution in [3.8, 4) is 0 Å². The highest BCUT2D eigenvalue weighted by atomic mass is 35.5. The number of nitrogens with zero attached hydrogens (tertiary/aromatic N) is 1. The Morgan fingerprint density at radius 3 is 2.50 bits per heavy atom. The average Bonchev–Trinajstić information content (AvgIpc) is 2.68. The number of amides is 2. The molecule has 0 spiro atoms. The van der Waals surface area contributed by atoms with Gasteiger partial charge in [-0.05, 0) is 42.7 Å². The SMILES string of the molecule is O=C(NCc1c(F)cccc1F)[C@H]1CCC(=O)N(CCc2ccc(Cl)cc2)C1. The first-order valence-electron chi connectivity index (χ1n) is 9.17. The summed E-state index contributed by atoms with van der Waals surface area (Å²) >= 11 is 5.88. The van der Waals surface area contributed by atoms with Gasteiger partial charge in [-0.1, -0.05) is 29.8 Å². The quantitative estimate of drug-likeness (QED) is 0.795. The lowest BCUT2D eigenvalue weighted by Crippen LogP contribution is -2.46. The van der Waals surface area contributed by atoms with Crippen LogP contribution < -0.4 is 5.32 Å². The van der Waals surface area contributed by atoms with Crippen LogP contribution in [0.15, 0.2) is 42.5 Å². The van der Waals surface area contributed by atoms with Crippen LogP contribution in [0.4, 0.5) is 8.78 Å². The molecular weight excluding hydrogens is 386 g/mol. The van der Waals surface area contributed by atoms with E-state index in [1.54, 1.807) is 17.0 Å². The lowest BCUT2D eigenvalue weighted by molar-refractivity contribution is -0.138. The Hall–Kier alpha value is -2.47. The lowest BCUT2D eigenvalue weighted by atomic mass is 9.96. The minimum atomic E-state index is -0.691. The topological polar surface area (TPSA) is 49.4 Å². The Morgan fingerprint density at radius 2 is 1.82 bits per heavy atom. The van der Waals surface area contributed by atoms with Gasteiger partial charge in [0.2, 0.25) is 11.8 Å². The number of benzene rings is 2. The minimum absolute atomic E-state index is 0.0122. The van der Waals surface area contributed by atoms with Gasteiger partial charge < -0.3 is 10.2 Å². The number of nitrogens with one attached hydrogen (secondary N) is 1. The predicted octanol–water partition coefficient (Wildman–Crippen LogP) is 3.72. The summed E-state index contributed by atoms with van der Waals surface area (Å²) in [7, 11) is 0. The van der Waals surface area contributed by atoms with E-state index in [0.29, 0.717) is 31.0 Å². The van der Waals surface area contributed by atoms with Crippen molar-refractivity contribution in [1.29, 1.82) is 0 Å². The summed E-state index contributed by atoms with van der Waals surface area (Å²) in [4.78, 5) is 26.3. The number of carbonyl (C=O) groups is 2. The van der Waals surface area contributed by atoms with Gasteiger partial charge in [0.1, 0.15) is 11.6 Å². The third-order valence-electron chi connectivity index (χ3n) is 4.96. The molecule has 1 heterocycles. The normalized spacial score (nSPS) is 16.9. The summed E-state index contributed by atoms with van der Waals surface area (Å²) in [5, 5.41) is 3.25. The molecule has 2 aromatic carbocycles. The Balaban J connectivity index is 1.54. The summed E-state index contributed by atoms with van der Waals surface area (Å²) in [5.74, 6) is -2.06. The fraction of sp³-hybridized carbons (Fsp3) is 0.333. The summed E-state index contributed by atoms with van der Waals surface area (Å²) in [6, 6.07) is 11.0. The first-order chi connectivity index (χ1) is 13.4. The van der Waals surface area contributed by atoms with Crippen molar-refractivity contribution in [3.05, 3.63) is 70.2 Å². The van der Waals surface area contributed by atoms with Crippen molar-refractivity contribution >= 4 is 23.4 Å². The smallest absolute Gasteiger partial charge is 0.225 e. The molecule has 7 heteroatoms. The van der Waals surface area contributed by atoms with Crippen LogP contribution in [0.25, 0.3) is 0 Å². The van der Waals surface area contributed by atoms with Gasteiger partial charge in [0.15, 0.2) is 0 Å². The molecule has 3 rings (SSSR count). The van der Waals surface area contributed by atoms with Gasteiger partial charge >= 0.3 is 0 Å². The fourth-order valence-corrected chi connectivity index (χ4v) is 3.41. The Kier molecular flexibility index (Phi) is 6.62. The largest absolute Gasteiger partial charge is 0.352 e. The average molecular weight is 407 g/mol. The Labute approximate surface area is 167 Å². The molecule has 2 aromatic rings. The molecule has 0 aliphatic carbocycles. The standard InChI is InChI=1S/C21H21ClF2N2O2/c22-16-7-4-14(5-8-16)10-11-26-13-15(6-9-20(26)27)21(28)25-12-17-18(23)2-1-3-19(17)24/h1-5,7-8,15H,6,9-13H2,(H,25,28)/t15-/m0/s1. The molecule has 1 fully saturated rings. The molecule has 0 bridgehead atoms. The molecule has 28 heavy (non-hydrogen) atoms. The second kappa shape index (κ2) is 9.15. The lowest BCUT2D eigenvalue weighted by Gasteiger charge is -2.32. The number of rotatable bonds is 6. The van der Waals surface area contributed by atoms with E-state index in [4.69, 9.17) is 11.6 Å². The molecular formula is C21H21ClF2N2O2. The second-order valence-corrected chi connectivity index (χ2v) is 7.31. The van der Waals surface area contributed by atoms with Crippen LogP contribution in [-0.2, 0) is 22.6 Å². The first kappa shape index (κ1) is 20.3. The summed E-state index contributed by atoms with van der Waals surface area (Å²) in [6.07, 6.45) is 1.38. The van der Waals surface area contributed by atoms with Crippen molar-refractivity contribution < 1.29 is 18.4 Å². The Morgan fingerprint density at radius 1 is 1.14 bits per heavy atom. The predicted molar refractivity (Wildman–Crippen MR) is 103 cm³/mol. The molecule has 1 aliphatic rings. The maximum Gasteiger partial charge on any atom is 0.225 e. The van der Waals surface area contributed by atoms with Crippen LogP contribution in [0.2, 0.25) is 5.02 Å². The van der Waals surface area contributed by atoms with E-state index < -0.39 is 17.6 Å². The van der Waals surface area contributed by atoms with E-state index in [-0.39, 0.29) is 30.3 Å². The van der Waals surface area contributed by atoms with Crippen molar-refractivity contribution in [1.82, 2.24) is 10.2 Å². The second-order valence-electron chi connectivity index (χ2n) is 6.87. The van der Waals surface area contributed by atoms with Gasteiger partial charge in [0, 0.05) is 36.6 Å². The van der Waals surface area contributed by atoms with Crippen molar-refractivity contribution in [2.45, 2.75) is 25.8 Å². The molecule has 1 aliphatic heterocycles. The molecule has 0 saturated carbocycles. The van der Waals surface area contributed by atoms with E-state index in [1.165, 1.54) is 6.07 Å². The molecule has 1 N–H and O–H groups in total. The third-order valence-corrected chi connectivity index (χ3v) is 5.21. The van der Waals surface area contributed by atoms with Gasteiger partial charge in [-0.15, -0.1) is 0 Å². The van der Waals surface area contributed by atoms with Gasteiger partial charge in [0.25, 0.3) is 0 Å². The van der Waals surface area contributed by atoms with Gasteiger partial charge in [-0.25, -0.2) is 8.78 Å². The maximum absolute atomic E-state index is 13.7. The van der Waals surface area contributed by atoms with Gasteiger partial charge in [-0.3, -0.25) is 9.59 Å². The number of likely N-dealkylation sites (tertiary alicyclic amines) is 1.